The summed E-state index contributed by atoms with van der Waals surface area (Å²) in [5, 5.41) is 8.72. The smallest absolute Gasteiger partial charge is 0.243 e. The number of benzene rings is 2. The zero-order valence-electron chi connectivity index (χ0n) is 19.1. The molecule has 2 aromatic heterocycles. The largest absolute Gasteiger partial charge is 0.367 e. The van der Waals surface area contributed by atoms with Crippen LogP contribution in [0.3, 0.4) is 0 Å². The van der Waals surface area contributed by atoms with Gasteiger partial charge in [0.05, 0.1) is 10.6 Å². The predicted molar refractivity (Wildman–Crippen MR) is 138 cm³/mol. The second kappa shape index (κ2) is 9.05. The van der Waals surface area contributed by atoms with Gasteiger partial charge in [-0.25, -0.2) is 13.4 Å². The summed E-state index contributed by atoms with van der Waals surface area (Å²) in [7, 11) is -1.52. The Bertz CT molecular complexity index is 1470. The summed E-state index contributed by atoms with van der Waals surface area (Å²) in [6.45, 7) is 2.81. The summed E-state index contributed by atoms with van der Waals surface area (Å²) >= 11 is 6.44. The minimum absolute atomic E-state index is 0.109. The lowest BCUT2D eigenvalue weighted by molar-refractivity contribution is 0.329. The summed E-state index contributed by atoms with van der Waals surface area (Å²) in [6, 6.07) is 16.8. The highest BCUT2D eigenvalue weighted by molar-refractivity contribution is 7.89. The molecule has 1 fully saturated rings. The molecular weight excluding hydrogens is 469 g/mol. The number of nitrogens with zero attached hydrogens (tertiary/aromatic N) is 4. The summed E-state index contributed by atoms with van der Waals surface area (Å²) in [5.74, 6) is 0.813. The van der Waals surface area contributed by atoms with Gasteiger partial charge in [-0.2, -0.15) is 13.9 Å². The molecule has 4 aromatic rings. The number of hydrogen-bond acceptors (Lipinski definition) is 5. The molecule has 1 aliphatic heterocycles. The van der Waals surface area contributed by atoms with Crippen molar-refractivity contribution in [3.63, 3.8) is 0 Å². The van der Waals surface area contributed by atoms with Gasteiger partial charge in [-0.3, -0.25) is 0 Å². The molecule has 10 heteroatoms. The van der Waals surface area contributed by atoms with Crippen molar-refractivity contribution in [1.82, 2.24) is 18.9 Å². The standard InChI is InChI=1S/C24H25BClN5O2S/c1-16-5-4-6-18(13-16)34(32,33)30-11-9-17(10-12-30)28-23-14-22(19-7-2-3-8-21(19)26)29-24-20(25)15-27-31(23)24/h2-8,13-15,17,28H,9-12,25H2,1H3. The molecule has 2 aromatic carbocycles. The molecule has 174 valence electrons. The highest BCUT2D eigenvalue weighted by Gasteiger charge is 2.30. The lowest BCUT2D eigenvalue weighted by Crippen LogP contribution is -2.42. The molecule has 0 atom stereocenters. The number of anilines is 1. The van der Waals surface area contributed by atoms with E-state index < -0.39 is 10.0 Å². The van der Waals surface area contributed by atoms with Crippen molar-refractivity contribution in [1.29, 1.82) is 0 Å². The Morgan fingerprint density at radius 1 is 1.09 bits per heavy atom. The number of rotatable bonds is 5. The Morgan fingerprint density at radius 2 is 1.85 bits per heavy atom. The molecule has 34 heavy (non-hydrogen) atoms. The first-order valence-electron chi connectivity index (χ1n) is 11.3. The average molecular weight is 494 g/mol. The van der Waals surface area contributed by atoms with Crippen LogP contribution in [0, 0.1) is 6.92 Å². The van der Waals surface area contributed by atoms with Gasteiger partial charge in [-0.05, 0) is 49.0 Å². The van der Waals surface area contributed by atoms with Gasteiger partial charge in [0.2, 0.25) is 10.0 Å². The number of hydrogen-bond donors (Lipinski definition) is 1. The van der Waals surface area contributed by atoms with E-state index >= 15 is 0 Å². The molecule has 5 rings (SSSR count). The number of aryl methyl sites for hydroxylation is 1. The summed E-state index contributed by atoms with van der Waals surface area (Å²) in [6.07, 6.45) is 3.17. The monoisotopic (exact) mass is 493 g/mol. The van der Waals surface area contributed by atoms with Crippen molar-refractivity contribution in [3.05, 3.63) is 71.4 Å². The molecule has 0 saturated carbocycles. The van der Waals surface area contributed by atoms with Gasteiger partial charge in [0.1, 0.15) is 13.7 Å². The quantitative estimate of drug-likeness (QED) is 0.433. The van der Waals surface area contributed by atoms with E-state index in [-0.39, 0.29) is 6.04 Å². The Hall–Kier alpha value is -2.88. The maximum absolute atomic E-state index is 13.1. The number of nitrogens with one attached hydrogen (secondary N) is 1. The number of piperidine rings is 1. The zero-order chi connectivity index (χ0) is 23.9. The summed E-state index contributed by atoms with van der Waals surface area (Å²) in [4.78, 5) is 5.15. The first-order chi connectivity index (χ1) is 16.3. The van der Waals surface area contributed by atoms with E-state index in [2.05, 4.69) is 10.4 Å². The maximum atomic E-state index is 13.1. The summed E-state index contributed by atoms with van der Waals surface area (Å²) in [5.41, 5.74) is 4.29. The highest BCUT2D eigenvalue weighted by atomic mass is 35.5. The molecule has 1 saturated heterocycles. The van der Waals surface area contributed by atoms with Crippen LogP contribution in [0.2, 0.25) is 5.02 Å². The molecule has 1 aliphatic rings. The normalized spacial score (nSPS) is 15.6. The first kappa shape index (κ1) is 22.9. The van der Waals surface area contributed by atoms with Gasteiger partial charge in [-0.1, -0.05) is 41.9 Å². The third-order valence-electron chi connectivity index (χ3n) is 6.23. The van der Waals surface area contributed by atoms with Crippen molar-refractivity contribution in [3.8, 4) is 11.3 Å². The molecular formula is C24H25BClN5O2S. The van der Waals surface area contributed by atoms with E-state index in [0.717, 1.165) is 33.7 Å². The van der Waals surface area contributed by atoms with Gasteiger partial charge < -0.3 is 5.32 Å². The fourth-order valence-electron chi connectivity index (χ4n) is 4.36. The first-order valence-corrected chi connectivity index (χ1v) is 13.1. The van der Waals surface area contributed by atoms with E-state index in [4.69, 9.17) is 16.6 Å². The molecule has 0 unspecified atom stereocenters. The van der Waals surface area contributed by atoms with E-state index in [1.807, 2.05) is 51.2 Å². The van der Waals surface area contributed by atoms with Gasteiger partial charge in [0.15, 0.2) is 5.65 Å². The maximum Gasteiger partial charge on any atom is 0.243 e. The molecule has 0 spiro atoms. The third kappa shape index (κ3) is 4.31. The minimum Gasteiger partial charge on any atom is -0.367 e. The Labute approximate surface area is 205 Å². The van der Waals surface area contributed by atoms with Crippen LogP contribution in [-0.2, 0) is 10.0 Å². The Balaban J connectivity index is 1.38. The second-order valence-corrected chi connectivity index (χ2v) is 11.1. The van der Waals surface area contributed by atoms with Gasteiger partial charge >= 0.3 is 0 Å². The highest BCUT2D eigenvalue weighted by Crippen LogP contribution is 2.29. The van der Waals surface area contributed by atoms with E-state index in [9.17, 15) is 8.42 Å². The number of sulfonamides is 1. The van der Waals surface area contributed by atoms with E-state index in [1.54, 1.807) is 33.2 Å². The molecule has 0 bridgehead atoms. The fraction of sp³-hybridized carbons (Fsp3) is 0.250. The number of fused-ring (bicyclic) bond motifs is 1. The van der Waals surface area contributed by atoms with Crippen LogP contribution in [0.4, 0.5) is 5.82 Å². The van der Waals surface area contributed by atoms with Gasteiger partial charge in [-0.15, -0.1) is 0 Å². The van der Waals surface area contributed by atoms with E-state index in [0.29, 0.717) is 35.8 Å². The van der Waals surface area contributed by atoms with E-state index in [1.165, 1.54) is 0 Å². The van der Waals surface area contributed by atoms with Crippen molar-refractivity contribution >= 4 is 46.4 Å². The molecule has 0 amide bonds. The predicted octanol–water partition coefficient (Wildman–Crippen LogP) is 2.88. The van der Waals surface area contributed by atoms with Crippen molar-refractivity contribution in [2.45, 2.75) is 30.7 Å². The average Bonchev–Trinajstić information content (AvgIpc) is 3.21. The second-order valence-electron chi connectivity index (χ2n) is 8.71. The van der Waals surface area contributed by atoms with Gasteiger partial charge in [0, 0.05) is 42.0 Å². The minimum atomic E-state index is -3.50. The number of halogens is 1. The fourth-order valence-corrected chi connectivity index (χ4v) is 6.16. The Morgan fingerprint density at radius 3 is 2.59 bits per heavy atom. The molecule has 0 radical (unpaired) electrons. The van der Waals surface area contributed by atoms with Crippen molar-refractivity contribution in [2.24, 2.45) is 0 Å². The van der Waals surface area contributed by atoms with Crippen molar-refractivity contribution < 1.29 is 8.42 Å². The topological polar surface area (TPSA) is 79.6 Å². The van der Waals surface area contributed by atoms with Crippen LogP contribution >= 0.6 is 11.6 Å². The number of aromatic nitrogens is 3. The summed E-state index contributed by atoms with van der Waals surface area (Å²) < 4.78 is 29.5. The molecule has 0 aliphatic carbocycles. The lowest BCUT2D eigenvalue weighted by Gasteiger charge is -2.32. The Kier molecular flexibility index (Phi) is 6.10. The van der Waals surface area contributed by atoms with Crippen LogP contribution in [0.15, 0.2) is 65.7 Å². The van der Waals surface area contributed by atoms with Crippen LogP contribution in [0.25, 0.3) is 16.9 Å². The molecule has 7 nitrogen and oxygen atoms in total. The van der Waals surface area contributed by atoms with Crippen LogP contribution in [0.1, 0.15) is 18.4 Å². The van der Waals surface area contributed by atoms with Crippen LogP contribution in [-0.4, -0.2) is 54.3 Å². The van der Waals surface area contributed by atoms with Gasteiger partial charge in [0.25, 0.3) is 0 Å². The zero-order valence-corrected chi connectivity index (χ0v) is 20.6. The molecule has 3 heterocycles. The van der Waals surface area contributed by atoms with Crippen molar-refractivity contribution in [2.75, 3.05) is 18.4 Å². The van der Waals surface area contributed by atoms with Crippen LogP contribution in [0.5, 0.6) is 0 Å². The SMILES string of the molecule is Bc1cnn2c(NC3CCN(S(=O)(=O)c4cccc(C)c4)CC3)cc(-c3ccccc3Cl)nc12. The van der Waals surface area contributed by atoms with Crippen LogP contribution < -0.4 is 10.8 Å². The third-order valence-corrected chi connectivity index (χ3v) is 8.46. The molecule has 1 N–H and O–H groups in total. The lowest BCUT2D eigenvalue weighted by atomic mass is 10.0.